The maximum atomic E-state index is 12.1. The molecule has 1 N–H and O–H groups in total. The Balaban J connectivity index is 1.70. The van der Waals surface area contributed by atoms with Gasteiger partial charge in [0.2, 0.25) is 0 Å². The first-order chi connectivity index (χ1) is 11.5. The number of anilines is 1. The van der Waals surface area contributed by atoms with Gasteiger partial charge in [-0.3, -0.25) is 10.1 Å². The fourth-order valence-corrected chi connectivity index (χ4v) is 2.65. The number of aromatic nitrogens is 3. The molecule has 0 fully saturated rings. The highest BCUT2D eigenvalue weighted by Crippen LogP contribution is 2.15. The van der Waals surface area contributed by atoms with Crippen LogP contribution in [0.4, 0.5) is 10.9 Å². The van der Waals surface area contributed by atoms with Gasteiger partial charge in [0.15, 0.2) is 5.13 Å². The number of benzene rings is 1. The summed E-state index contributed by atoms with van der Waals surface area (Å²) >= 11 is 1.35. The molecule has 0 radical (unpaired) electrons. The molecule has 0 saturated carbocycles. The monoisotopic (exact) mass is 343 g/mol. The van der Waals surface area contributed by atoms with E-state index in [1.165, 1.54) is 17.4 Å². The Morgan fingerprint density at radius 3 is 2.71 bits per heavy atom. The second-order valence-corrected chi connectivity index (χ2v) is 5.94. The SMILES string of the molecule is Cc1cc([N+](=O)[O-])nn1Cc1ccc(C(=O)Nc2nccs2)cc1. The number of nitrogens with zero attached hydrogens (tertiary/aromatic N) is 4. The van der Waals surface area contributed by atoms with E-state index in [0.29, 0.717) is 22.9 Å². The van der Waals surface area contributed by atoms with Gasteiger partial charge in [0.25, 0.3) is 5.91 Å². The minimum Gasteiger partial charge on any atom is -0.358 e. The van der Waals surface area contributed by atoms with Gasteiger partial charge in [-0.1, -0.05) is 12.1 Å². The van der Waals surface area contributed by atoms with Crippen molar-refractivity contribution in [3.63, 3.8) is 0 Å². The molecule has 9 heteroatoms. The molecule has 2 heterocycles. The Morgan fingerprint density at radius 1 is 1.38 bits per heavy atom. The number of rotatable bonds is 5. The summed E-state index contributed by atoms with van der Waals surface area (Å²) in [5.41, 5.74) is 2.10. The van der Waals surface area contributed by atoms with Crippen molar-refractivity contribution in [2.24, 2.45) is 0 Å². The van der Waals surface area contributed by atoms with Gasteiger partial charge in [0, 0.05) is 17.1 Å². The lowest BCUT2D eigenvalue weighted by molar-refractivity contribution is -0.389. The van der Waals surface area contributed by atoms with Crippen molar-refractivity contribution in [2.45, 2.75) is 13.5 Å². The maximum Gasteiger partial charge on any atom is 0.390 e. The van der Waals surface area contributed by atoms with Crippen LogP contribution in [0, 0.1) is 17.0 Å². The number of aryl methyl sites for hydroxylation is 1. The van der Waals surface area contributed by atoms with Gasteiger partial charge < -0.3 is 10.1 Å². The number of hydrogen-bond donors (Lipinski definition) is 1. The van der Waals surface area contributed by atoms with Crippen LogP contribution in [0.15, 0.2) is 41.9 Å². The van der Waals surface area contributed by atoms with Gasteiger partial charge in [-0.2, -0.15) is 4.68 Å². The third kappa shape index (κ3) is 3.46. The standard InChI is InChI=1S/C15H13N5O3S/c1-10-8-13(20(22)23)18-19(10)9-11-2-4-12(5-3-11)14(21)17-15-16-6-7-24-15/h2-8H,9H2,1H3,(H,16,17,21). The van der Waals surface area contributed by atoms with Crippen molar-refractivity contribution in [3.05, 3.63) is 68.8 Å². The number of carbonyl (C=O) groups excluding carboxylic acids is 1. The zero-order valence-corrected chi connectivity index (χ0v) is 13.5. The smallest absolute Gasteiger partial charge is 0.358 e. The lowest BCUT2D eigenvalue weighted by Gasteiger charge is -2.04. The van der Waals surface area contributed by atoms with Crippen LogP contribution in [0.1, 0.15) is 21.6 Å². The fraction of sp³-hybridized carbons (Fsp3) is 0.133. The Kier molecular flexibility index (Phi) is 4.34. The average Bonchev–Trinajstić information content (AvgIpc) is 3.18. The van der Waals surface area contributed by atoms with E-state index in [9.17, 15) is 14.9 Å². The summed E-state index contributed by atoms with van der Waals surface area (Å²) in [5, 5.41) is 19.7. The summed E-state index contributed by atoms with van der Waals surface area (Å²) in [6, 6.07) is 8.42. The van der Waals surface area contributed by atoms with Gasteiger partial charge in [-0.15, -0.1) is 11.3 Å². The molecule has 3 aromatic rings. The Labute approximate surface area is 140 Å². The molecular formula is C15H13N5O3S. The highest BCUT2D eigenvalue weighted by atomic mass is 32.1. The number of amides is 1. The first-order valence-corrected chi connectivity index (χ1v) is 7.89. The molecule has 1 aromatic carbocycles. The van der Waals surface area contributed by atoms with Crippen LogP contribution in [0.25, 0.3) is 0 Å². The van der Waals surface area contributed by atoms with Gasteiger partial charge in [0.1, 0.15) is 0 Å². The van der Waals surface area contributed by atoms with E-state index in [2.05, 4.69) is 15.4 Å². The number of carbonyl (C=O) groups is 1. The van der Waals surface area contributed by atoms with Crippen LogP contribution in [-0.4, -0.2) is 25.6 Å². The largest absolute Gasteiger partial charge is 0.390 e. The Morgan fingerprint density at radius 2 is 2.12 bits per heavy atom. The van der Waals surface area contributed by atoms with Crippen molar-refractivity contribution in [3.8, 4) is 0 Å². The predicted molar refractivity (Wildman–Crippen MR) is 89.2 cm³/mol. The van der Waals surface area contributed by atoms with Crippen molar-refractivity contribution >= 4 is 28.2 Å². The summed E-state index contributed by atoms with van der Waals surface area (Å²) < 4.78 is 1.56. The minimum absolute atomic E-state index is 0.174. The van der Waals surface area contributed by atoms with Crippen molar-refractivity contribution in [1.82, 2.24) is 14.8 Å². The molecule has 0 bridgehead atoms. The van der Waals surface area contributed by atoms with Crippen LogP contribution in [-0.2, 0) is 6.54 Å². The third-order valence-electron chi connectivity index (χ3n) is 3.36. The number of hydrogen-bond acceptors (Lipinski definition) is 6. The van der Waals surface area contributed by atoms with Crippen molar-refractivity contribution < 1.29 is 9.72 Å². The molecule has 0 atom stereocenters. The van der Waals surface area contributed by atoms with E-state index in [-0.39, 0.29) is 11.7 Å². The lowest BCUT2D eigenvalue weighted by Crippen LogP contribution is -2.12. The molecular weight excluding hydrogens is 330 g/mol. The quantitative estimate of drug-likeness (QED) is 0.567. The van der Waals surface area contributed by atoms with E-state index in [1.54, 1.807) is 47.4 Å². The predicted octanol–water partition coefficient (Wildman–Crippen LogP) is 2.86. The van der Waals surface area contributed by atoms with Gasteiger partial charge in [0.05, 0.1) is 23.4 Å². The normalized spacial score (nSPS) is 10.5. The highest BCUT2D eigenvalue weighted by molar-refractivity contribution is 7.13. The average molecular weight is 343 g/mol. The van der Waals surface area contributed by atoms with E-state index >= 15 is 0 Å². The van der Waals surface area contributed by atoms with Gasteiger partial charge in [-0.05, 0) is 29.5 Å². The molecule has 0 spiro atoms. The van der Waals surface area contributed by atoms with E-state index in [1.807, 2.05) is 0 Å². The lowest BCUT2D eigenvalue weighted by atomic mass is 10.1. The molecule has 8 nitrogen and oxygen atoms in total. The third-order valence-corrected chi connectivity index (χ3v) is 4.05. The van der Waals surface area contributed by atoms with Crippen LogP contribution in [0.3, 0.4) is 0 Å². The molecule has 0 aliphatic rings. The first kappa shape index (κ1) is 15.8. The minimum atomic E-state index is -0.518. The molecule has 0 aliphatic carbocycles. The van der Waals surface area contributed by atoms with Crippen molar-refractivity contribution in [2.75, 3.05) is 5.32 Å². The molecule has 3 rings (SSSR count). The number of nitro groups is 1. The molecule has 1 amide bonds. The molecule has 0 unspecified atom stereocenters. The van der Waals surface area contributed by atoms with Gasteiger partial charge >= 0.3 is 5.82 Å². The second kappa shape index (κ2) is 6.59. The van der Waals surface area contributed by atoms with E-state index in [0.717, 1.165) is 5.56 Å². The van der Waals surface area contributed by atoms with E-state index < -0.39 is 4.92 Å². The fourth-order valence-electron chi connectivity index (χ4n) is 2.13. The van der Waals surface area contributed by atoms with Crippen molar-refractivity contribution in [1.29, 1.82) is 0 Å². The Bertz CT molecular complexity index is 871. The van der Waals surface area contributed by atoms with Gasteiger partial charge in [-0.25, -0.2) is 4.98 Å². The van der Waals surface area contributed by atoms with E-state index in [4.69, 9.17) is 0 Å². The summed E-state index contributed by atoms with van der Waals surface area (Å²) in [6.45, 7) is 2.16. The zero-order valence-electron chi connectivity index (χ0n) is 12.7. The zero-order chi connectivity index (χ0) is 17.1. The summed E-state index contributed by atoms with van der Waals surface area (Å²) in [7, 11) is 0. The van der Waals surface area contributed by atoms with Crippen LogP contribution in [0.2, 0.25) is 0 Å². The molecule has 0 saturated heterocycles. The maximum absolute atomic E-state index is 12.1. The first-order valence-electron chi connectivity index (χ1n) is 7.01. The van der Waals surface area contributed by atoms with Crippen LogP contribution >= 0.6 is 11.3 Å². The topological polar surface area (TPSA) is 103 Å². The summed E-state index contributed by atoms with van der Waals surface area (Å²) in [6.07, 6.45) is 1.62. The second-order valence-electron chi connectivity index (χ2n) is 5.05. The summed E-state index contributed by atoms with van der Waals surface area (Å²) in [4.78, 5) is 26.3. The summed E-state index contributed by atoms with van der Waals surface area (Å²) in [5.74, 6) is -0.408. The molecule has 24 heavy (non-hydrogen) atoms. The molecule has 122 valence electrons. The van der Waals surface area contributed by atoms with Crippen LogP contribution < -0.4 is 5.32 Å². The number of nitrogens with one attached hydrogen (secondary N) is 1. The Hall–Kier alpha value is -3.07. The van der Waals surface area contributed by atoms with Crippen LogP contribution in [0.5, 0.6) is 0 Å². The molecule has 2 aromatic heterocycles. The number of thiazole rings is 1. The molecule has 0 aliphatic heterocycles. The highest BCUT2D eigenvalue weighted by Gasteiger charge is 2.15.